The van der Waals surface area contributed by atoms with Gasteiger partial charge in [-0.25, -0.2) is 8.78 Å². The molecule has 0 aliphatic carbocycles. The van der Waals surface area contributed by atoms with Gasteiger partial charge in [0, 0.05) is 6.54 Å². The summed E-state index contributed by atoms with van der Waals surface area (Å²) in [6.07, 6.45) is 5.11. The molecule has 0 unspecified atom stereocenters. The van der Waals surface area contributed by atoms with Crippen LogP contribution in [0, 0.1) is 35.3 Å². The van der Waals surface area contributed by atoms with Crippen molar-refractivity contribution in [3.63, 3.8) is 0 Å². The van der Waals surface area contributed by atoms with Crippen molar-refractivity contribution in [3.8, 4) is 18.4 Å². The number of benzene rings is 1. The quantitative estimate of drug-likeness (QED) is 0.731. The minimum absolute atomic E-state index is 0.0458. The van der Waals surface area contributed by atoms with Crippen molar-refractivity contribution in [2.24, 2.45) is 0 Å². The molecule has 0 aliphatic rings. The van der Waals surface area contributed by atoms with Crippen molar-refractivity contribution in [2.45, 2.75) is 6.92 Å². The molecule has 0 fully saturated rings. The molecule has 0 spiro atoms. The maximum absolute atomic E-state index is 13.6. The third-order valence-corrected chi connectivity index (χ3v) is 2.13. The van der Waals surface area contributed by atoms with E-state index in [2.05, 4.69) is 5.92 Å². The zero-order chi connectivity index (χ0) is 12.1. The molecule has 0 aliphatic heterocycles. The van der Waals surface area contributed by atoms with E-state index in [1.807, 2.05) is 0 Å². The molecule has 2 nitrogen and oxygen atoms in total. The van der Waals surface area contributed by atoms with Crippen LogP contribution in [0.2, 0.25) is 0 Å². The number of hydrogen-bond acceptors (Lipinski definition) is 2. The van der Waals surface area contributed by atoms with Crippen LogP contribution in [-0.4, -0.2) is 13.1 Å². The summed E-state index contributed by atoms with van der Waals surface area (Å²) < 4.78 is 27.1. The van der Waals surface area contributed by atoms with Gasteiger partial charge in [-0.1, -0.05) is 5.92 Å². The SMILES string of the molecule is C#CCN(CC)c1c(F)cc(C#N)cc1F. The average molecular weight is 220 g/mol. The summed E-state index contributed by atoms with van der Waals surface area (Å²) in [5.41, 5.74) is -0.227. The zero-order valence-electron chi connectivity index (χ0n) is 8.80. The summed E-state index contributed by atoms with van der Waals surface area (Å²) in [6.45, 7) is 2.26. The lowest BCUT2D eigenvalue weighted by Gasteiger charge is -2.21. The highest BCUT2D eigenvalue weighted by atomic mass is 19.1. The number of nitriles is 1. The lowest BCUT2D eigenvalue weighted by molar-refractivity contribution is 0.575. The van der Waals surface area contributed by atoms with E-state index in [1.165, 1.54) is 4.90 Å². The first-order valence-corrected chi connectivity index (χ1v) is 4.71. The van der Waals surface area contributed by atoms with Crippen LogP contribution in [0.3, 0.4) is 0 Å². The average Bonchev–Trinajstić information content (AvgIpc) is 2.26. The van der Waals surface area contributed by atoms with E-state index in [9.17, 15) is 8.78 Å². The van der Waals surface area contributed by atoms with E-state index >= 15 is 0 Å². The topological polar surface area (TPSA) is 27.0 Å². The molecular formula is C12H10F2N2. The first kappa shape index (κ1) is 12.0. The van der Waals surface area contributed by atoms with Gasteiger partial charge >= 0.3 is 0 Å². The molecule has 1 aromatic rings. The van der Waals surface area contributed by atoms with Crippen LogP contribution < -0.4 is 4.90 Å². The van der Waals surface area contributed by atoms with Crippen molar-refractivity contribution in [3.05, 3.63) is 29.3 Å². The van der Waals surface area contributed by atoms with E-state index in [0.29, 0.717) is 6.54 Å². The van der Waals surface area contributed by atoms with E-state index in [-0.39, 0.29) is 17.8 Å². The van der Waals surface area contributed by atoms with E-state index in [1.54, 1.807) is 13.0 Å². The molecule has 82 valence electrons. The first-order valence-electron chi connectivity index (χ1n) is 4.71. The number of rotatable bonds is 3. The van der Waals surface area contributed by atoms with Gasteiger partial charge in [0.05, 0.1) is 18.2 Å². The number of halogens is 2. The summed E-state index contributed by atoms with van der Waals surface area (Å²) in [5, 5.41) is 8.55. The third kappa shape index (κ3) is 2.29. The van der Waals surface area contributed by atoms with Crippen molar-refractivity contribution < 1.29 is 8.78 Å². The fraction of sp³-hybridized carbons (Fsp3) is 0.250. The summed E-state index contributed by atoms with van der Waals surface area (Å²) in [4.78, 5) is 1.39. The van der Waals surface area contributed by atoms with Crippen molar-refractivity contribution in [2.75, 3.05) is 18.0 Å². The maximum atomic E-state index is 13.6. The van der Waals surface area contributed by atoms with Gasteiger partial charge < -0.3 is 4.90 Å². The van der Waals surface area contributed by atoms with Crippen LogP contribution >= 0.6 is 0 Å². The molecule has 0 saturated heterocycles. The largest absolute Gasteiger partial charge is 0.356 e. The molecule has 4 heteroatoms. The molecular weight excluding hydrogens is 210 g/mol. The van der Waals surface area contributed by atoms with E-state index < -0.39 is 11.6 Å². The highest BCUT2D eigenvalue weighted by Gasteiger charge is 2.16. The van der Waals surface area contributed by atoms with Crippen molar-refractivity contribution in [1.29, 1.82) is 5.26 Å². The molecule has 0 N–H and O–H groups in total. The van der Waals surface area contributed by atoms with Crippen LogP contribution in [0.15, 0.2) is 12.1 Å². The van der Waals surface area contributed by atoms with Gasteiger partial charge in [0.1, 0.15) is 5.69 Å². The highest BCUT2D eigenvalue weighted by molar-refractivity contribution is 5.53. The summed E-state index contributed by atoms with van der Waals surface area (Å²) in [6, 6.07) is 3.68. The third-order valence-electron chi connectivity index (χ3n) is 2.13. The predicted molar refractivity (Wildman–Crippen MR) is 57.8 cm³/mol. The molecule has 1 aromatic carbocycles. The summed E-state index contributed by atoms with van der Waals surface area (Å²) >= 11 is 0. The number of terminal acetylenes is 1. The Balaban J connectivity index is 3.24. The van der Waals surface area contributed by atoms with E-state index in [0.717, 1.165) is 12.1 Å². The van der Waals surface area contributed by atoms with Crippen LogP contribution in [0.5, 0.6) is 0 Å². The standard InChI is InChI=1S/C12H10F2N2/c1-3-5-16(4-2)12-10(13)6-9(8-15)7-11(12)14/h1,6-7H,4-5H2,2H3. The van der Waals surface area contributed by atoms with Gasteiger partial charge in [0.2, 0.25) is 0 Å². The Kier molecular flexibility index (Phi) is 3.85. The van der Waals surface area contributed by atoms with Gasteiger partial charge in [-0.3, -0.25) is 0 Å². The minimum Gasteiger partial charge on any atom is -0.356 e. The summed E-state index contributed by atoms with van der Waals surface area (Å²) in [5.74, 6) is 0.788. The van der Waals surface area contributed by atoms with Crippen molar-refractivity contribution in [1.82, 2.24) is 0 Å². The van der Waals surface area contributed by atoms with Gasteiger partial charge in [-0.05, 0) is 19.1 Å². The van der Waals surface area contributed by atoms with Gasteiger partial charge in [-0.15, -0.1) is 6.42 Å². The Bertz CT molecular complexity index is 446. The predicted octanol–water partition coefficient (Wildman–Crippen LogP) is 2.30. The highest BCUT2D eigenvalue weighted by Crippen LogP contribution is 2.24. The molecule has 0 radical (unpaired) electrons. The second-order valence-corrected chi connectivity index (χ2v) is 3.12. The Morgan fingerprint density at radius 2 is 1.94 bits per heavy atom. The number of nitrogens with zero attached hydrogens (tertiary/aromatic N) is 2. The minimum atomic E-state index is -0.770. The molecule has 0 aromatic heterocycles. The molecule has 0 atom stereocenters. The second kappa shape index (κ2) is 5.14. The lowest BCUT2D eigenvalue weighted by atomic mass is 10.2. The normalized spacial score (nSPS) is 9.31. The zero-order valence-corrected chi connectivity index (χ0v) is 8.80. The molecule has 0 saturated carbocycles. The number of anilines is 1. The van der Waals surface area contributed by atoms with Crippen LogP contribution in [0.4, 0.5) is 14.5 Å². The van der Waals surface area contributed by atoms with Crippen molar-refractivity contribution >= 4 is 5.69 Å². The van der Waals surface area contributed by atoms with Crippen LogP contribution in [0.1, 0.15) is 12.5 Å². The molecule has 1 rings (SSSR count). The molecule has 0 bridgehead atoms. The van der Waals surface area contributed by atoms with E-state index in [4.69, 9.17) is 11.7 Å². The lowest BCUT2D eigenvalue weighted by Crippen LogP contribution is -2.25. The smallest absolute Gasteiger partial charge is 0.150 e. The fourth-order valence-corrected chi connectivity index (χ4v) is 1.39. The van der Waals surface area contributed by atoms with Crippen LogP contribution in [0.25, 0.3) is 0 Å². The Morgan fingerprint density at radius 1 is 1.38 bits per heavy atom. The molecule has 16 heavy (non-hydrogen) atoms. The van der Waals surface area contributed by atoms with Crippen LogP contribution in [-0.2, 0) is 0 Å². The molecule has 0 amide bonds. The van der Waals surface area contributed by atoms with Gasteiger partial charge in [0.25, 0.3) is 0 Å². The first-order chi connectivity index (χ1) is 7.63. The Labute approximate surface area is 93.1 Å². The molecule has 0 heterocycles. The number of hydrogen-bond donors (Lipinski definition) is 0. The monoisotopic (exact) mass is 220 g/mol. The Morgan fingerprint density at radius 3 is 2.31 bits per heavy atom. The maximum Gasteiger partial charge on any atom is 0.150 e. The second-order valence-electron chi connectivity index (χ2n) is 3.12. The Hall–Kier alpha value is -2.07. The fourth-order valence-electron chi connectivity index (χ4n) is 1.39. The van der Waals surface area contributed by atoms with Gasteiger partial charge in [0.15, 0.2) is 11.6 Å². The van der Waals surface area contributed by atoms with Gasteiger partial charge in [-0.2, -0.15) is 5.26 Å². The summed E-state index contributed by atoms with van der Waals surface area (Å²) in [7, 11) is 0.